The van der Waals surface area contributed by atoms with Crippen molar-refractivity contribution < 1.29 is 19.1 Å². The third-order valence-corrected chi connectivity index (χ3v) is 3.19. The summed E-state index contributed by atoms with van der Waals surface area (Å²) in [7, 11) is 0. The number of hydrogen-bond acceptors (Lipinski definition) is 4. The molecular formula is C14H20N2O4. The first-order valence-corrected chi connectivity index (χ1v) is 6.85. The van der Waals surface area contributed by atoms with E-state index in [0.717, 1.165) is 12.8 Å². The van der Waals surface area contributed by atoms with Gasteiger partial charge in [-0.15, -0.1) is 0 Å². The molecule has 20 heavy (non-hydrogen) atoms. The Kier molecular flexibility index (Phi) is 3.86. The zero-order valence-electron chi connectivity index (χ0n) is 12.1. The van der Waals surface area contributed by atoms with E-state index in [9.17, 15) is 14.4 Å². The van der Waals surface area contributed by atoms with Gasteiger partial charge in [0.15, 0.2) is 0 Å². The summed E-state index contributed by atoms with van der Waals surface area (Å²) in [4.78, 5) is 36.1. The maximum absolute atomic E-state index is 12.0. The van der Waals surface area contributed by atoms with Gasteiger partial charge in [0.25, 0.3) is 0 Å². The molecule has 2 rings (SSSR count). The van der Waals surface area contributed by atoms with E-state index in [1.165, 1.54) is 4.90 Å². The van der Waals surface area contributed by atoms with Gasteiger partial charge < -0.3 is 10.1 Å². The van der Waals surface area contributed by atoms with E-state index in [1.54, 1.807) is 26.7 Å². The SMILES string of the molecule is CC(C)(C)OC(=O)N1CC(C(=O)NC2CC2)CC1=C=O. The van der Waals surface area contributed by atoms with Crippen molar-refractivity contribution in [2.75, 3.05) is 6.54 Å². The fourth-order valence-corrected chi connectivity index (χ4v) is 2.06. The molecule has 1 saturated heterocycles. The molecule has 1 saturated carbocycles. The predicted molar refractivity (Wildman–Crippen MR) is 71.4 cm³/mol. The maximum Gasteiger partial charge on any atom is 0.415 e. The van der Waals surface area contributed by atoms with Crippen molar-refractivity contribution in [3.63, 3.8) is 0 Å². The molecule has 110 valence electrons. The minimum Gasteiger partial charge on any atom is -0.443 e. The van der Waals surface area contributed by atoms with Crippen molar-refractivity contribution in [3.8, 4) is 0 Å². The summed E-state index contributed by atoms with van der Waals surface area (Å²) in [6.07, 6.45) is 1.65. The van der Waals surface area contributed by atoms with Crippen LogP contribution >= 0.6 is 0 Å². The summed E-state index contributed by atoms with van der Waals surface area (Å²) >= 11 is 0. The molecule has 2 aliphatic rings. The molecular weight excluding hydrogens is 260 g/mol. The average molecular weight is 280 g/mol. The van der Waals surface area contributed by atoms with Crippen LogP contribution in [0.15, 0.2) is 5.70 Å². The first kappa shape index (κ1) is 14.6. The largest absolute Gasteiger partial charge is 0.443 e. The number of allylic oxidation sites excluding steroid dienone is 1. The molecule has 2 fully saturated rings. The highest BCUT2D eigenvalue weighted by Gasteiger charge is 2.39. The van der Waals surface area contributed by atoms with Crippen molar-refractivity contribution in [1.82, 2.24) is 10.2 Å². The van der Waals surface area contributed by atoms with Crippen LogP contribution in [0.25, 0.3) is 0 Å². The van der Waals surface area contributed by atoms with Crippen LogP contribution in [0.1, 0.15) is 40.0 Å². The fraction of sp³-hybridized carbons (Fsp3) is 0.714. The van der Waals surface area contributed by atoms with Gasteiger partial charge in [0.1, 0.15) is 17.2 Å². The lowest BCUT2D eigenvalue weighted by Crippen LogP contribution is -2.37. The van der Waals surface area contributed by atoms with E-state index in [2.05, 4.69) is 5.32 Å². The van der Waals surface area contributed by atoms with Gasteiger partial charge in [0, 0.05) is 19.0 Å². The number of nitrogens with one attached hydrogen (secondary N) is 1. The van der Waals surface area contributed by atoms with Crippen LogP contribution in [0.4, 0.5) is 4.79 Å². The molecule has 1 atom stereocenters. The Balaban J connectivity index is 2.00. The van der Waals surface area contributed by atoms with Crippen molar-refractivity contribution >= 4 is 17.9 Å². The highest BCUT2D eigenvalue weighted by molar-refractivity contribution is 5.83. The van der Waals surface area contributed by atoms with Crippen LogP contribution in [0.3, 0.4) is 0 Å². The Bertz CT molecular complexity index is 470. The van der Waals surface area contributed by atoms with Crippen LogP contribution in [0.5, 0.6) is 0 Å². The number of carbonyl (C=O) groups is 2. The summed E-state index contributed by atoms with van der Waals surface area (Å²) in [6.45, 7) is 5.44. The lowest BCUT2D eigenvalue weighted by atomic mass is 10.1. The van der Waals surface area contributed by atoms with Gasteiger partial charge in [-0.1, -0.05) is 0 Å². The molecule has 6 nitrogen and oxygen atoms in total. The Labute approximate surface area is 118 Å². The summed E-state index contributed by atoms with van der Waals surface area (Å²) in [6, 6.07) is 0.265. The van der Waals surface area contributed by atoms with Gasteiger partial charge in [-0.25, -0.2) is 9.59 Å². The summed E-state index contributed by atoms with van der Waals surface area (Å²) < 4.78 is 5.23. The van der Waals surface area contributed by atoms with Gasteiger partial charge >= 0.3 is 6.09 Å². The van der Waals surface area contributed by atoms with Gasteiger partial charge in [-0.05, 0) is 33.6 Å². The molecule has 0 bridgehead atoms. The van der Waals surface area contributed by atoms with Gasteiger partial charge in [0.05, 0.1) is 5.92 Å². The lowest BCUT2D eigenvalue weighted by Gasteiger charge is -2.24. The van der Waals surface area contributed by atoms with E-state index < -0.39 is 11.7 Å². The second kappa shape index (κ2) is 5.29. The quantitative estimate of drug-likeness (QED) is 0.772. The van der Waals surface area contributed by atoms with Crippen molar-refractivity contribution in [1.29, 1.82) is 0 Å². The molecule has 1 unspecified atom stereocenters. The number of amides is 2. The molecule has 1 aliphatic heterocycles. The van der Waals surface area contributed by atoms with E-state index >= 15 is 0 Å². The second-order valence-electron chi connectivity index (χ2n) is 6.32. The Morgan fingerprint density at radius 2 is 2.00 bits per heavy atom. The van der Waals surface area contributed by atoms with Crippen molar-refractivity contribution in [2.24, 2.45) is 5.92 Å². The number of likely N-dealkylation sites (tertiary alicyclic amines) is 1. The topological polar surface area (TPSA) is 75.7 Å². The van der Waals surface area contributed by atoms with Crippen LogP contribution < -0.4 is 5.32 Å². The predicted octanol–water partition coefficient (Wildman–Crippen LogP) is 1.24. The Hall–Kier alpha value is -1.81. The average Bonchev–Trinajstić information content (AvgIpc) is 3.03. The third-order valence-electron chi connectivity index (χ3n) is 3.19. The lowest BCUT2D eigenvalue weighted by molar-refractivity contribution is -0.124. The standard InChI is InChI=1S/C14H20N2O4/c1-14(2,3)20-13(19)16-7-9(6-11(16)8-17)12(18)15-10-4-5-10/h9-10H,4-7H2,1-3H3,(H,15,18). The highest BCUT2D eigenvalue weighted by atomic mass is 16.6. The minimum atomic E-state index is -0.639. The molecule has 1 heterocycles. The van der Waals surface area contributed by atoms with Crippen LogP contribution in [-0.2, 0) is 14.3 Å². The first-order chi connectivity index (χ1) is 9.30. The zero-order valence-corrected chi connectivity index (χ0v) is 12.1. The van der Waals surface area contributed by atoms with Crippen LogP contribution in [0.2, 0.25) is 0 Å². The van der Waals surface area contributed by atoms with Crippen molar-refractivity contribution in [2.45, 2.75) is 51.7 Å². The molecule has 0 aromatic heterocycles. The first-order valence-electron chi connectivity index (χ1n) is 6.85. The highest BCUT2D eigenvalue weighted by Crippen LogP contribution is 2.28. The number of rotatable bonds is 2. The minimum absolute atomic E-state index is 0.105. The fourth-order valence-electron chi connectivity index (χ4n) is 2.06. The van der Waals surface area contributed by atoms with E-state index in [0.29, 0.717) is 0 Å². The summed E-state index contributed by atoms with van der Waals surface area (Å²) in [5, 5.41) is 2.89. The maximum atomic E-state index is 12.0. The number of nitrogens with zero attached hydrogens (tertiary/aromatic N) is 1. The summed E-state index contributed by atoms with van der Waals surface area (Å²) in [5.41, 5.74) is -0.449. The number of ether oxygens (including phenoxy) is 1. The Morgan fingerprint density at radius 3 is 2.50 bits per heavy atom. The summed E-state index contributed by atoms with van der Waals surface area (Å²) in [5.74, 6) is 1.25. The third kappa shape index (κ3) is 3.61. The van der Waals surface area contributed by atoms with E-state index in [1.807, 2.05) is 0 Å². The molecule has 6 heteroatoms. The second-order valence-corrected chi connectivity index (χ2v) is 6.32. The van der Waals surface area contributed by atoms with Crippen LogP contribution in [0, 0.1) is 5.92 Å². The smallest absolute Gasteiger partial charge is 0.415 e. The number of hydrogen-bond donors (Lipinski definition) is 1. The molecule has 2 amide bonds. The Morgan fingerprint density at radius 1 is 1.35 bits per heavy atom. The molecule has 0 aromatic carbocycles. The molecule has 1 N–H and O–H groups in total. The molecule has 0 spiro atoms. The van der Waals surface area contributed by atoms with E-state index in [4.69, 9.17) is 4.74 Å². The van der Waals surface area contributed by atoms with Crippen molar-refractivity contribution in [3.05, 3.63) is 5.70 Å². The van der Waals surface area contributed by atoms with Gasteiger partial charge in [-0.3, -0.25) is 9.69 Å². The van der Waals surface area contributed by atoms with Crippen LogP contribution in [-0.4, -0.2) is 41.0 Å². The van der Waals surface area contributed by atoms with E-state index in [-0.39, 0.29) is 36.5 Å². The zero-order chi connectivity index (χ0) is 14.9. The monoisotopic (exact) mass is 280 g/mol. The van der Waals surface area contributed by atoms with Gasteiger partial charge in [-0.2, -0.15) is 0 Å². The molecule has 0 radical (unpaired) electrons. The van der Waals surface area contributed by atoms with Gasteiger partial charge in [0.2, 0.25) is 5.91 Å². The number of carbonyl (C=O) groups excluding carboxylic acids is 3. The normalized spacial score (nSPS) is 22.4. The molecule has 1 aliphatic carbocycles. The molecule has 0 aromatic rings.